The van der Waals surface area contributed by atoms with Gasteiger partial charge in [-0.25, -0.2) is 0 Å². The van der Waals surface area contributed by atoms with Gasteiger partial charge < -0.3 is 15.5 Å². The van der Waals surface area contributed by atoms with Crippen LogP contribution < -0.4 is 15.5 Å². The summed E-state index contributed by atoms with van der Waals surface area (Å²) in [4.78, 5) is 36.6. The molecule has 0 radical (unpaired) electrons. The number of anilines is 2. The second-order valence-electron chi connectivity index (χ2n) is 6.05. The van der Waals surface area contributed by atoms with E-state index in [0.29, 0.717) is 29.5 Å². The van der Waals surface area contributed by atoms with Crippen molar-refractivity contribution in [3.8, 4) is 0 Å². The van der Waals surface area contributed by atoms with Crippen LogP contribution in [0.1, 0.15) is 19.4 Å². The highest BCUT2D eigenvalue weighted by Gasteiger charge is 2.12. The average Bonchev–Trinajstić information content (AvgIpc) is 2.61. The Bertz CT molecular complexity index is 804. The Hall–Kier alpha value is -2.86. The van der Waals surface area contributed by atoms with E-state index in [0.717, 1.165) is 5.56 Å². The van der Waals surface area contributed by atoms with Gasteiger partial charge in [0.2, 0.25) is 17.7 Å². The van der Waals surface area contributed by atoms with Crippen molar-refractivity contribution < 1.29 is 14.4 Å². The van der Waals surface area contributed by atoms with Crippen molar-refractivity contribution in [2.45, 2.75) is 20.3 Å². The molecule has 6 nitrogen and oxygen atoms in total. The molecule has 7 heteroatoms. The zero-order valence-corrected chi connectivity index (χ0v) is 16.0. The summed E-state index contributed by atoms with van der Waals surface area (Å²) >= 11 is 5.83. The maximum absolute atomic E-state index is 12.0. The lowest BCUT2D eigenvalue weighted by atomic mass is 10.1. The monoisotopic (exact) mass is 387 g/mol. The first-order chi connectivity index (χ1) is 12.8. The van der Waals surface area contributed by atoms with Crippen LogP contribution in [0.15, 0.2) is 48.5 Å². The van der Waals surface area contributed by atoms with E-state index < -0.39 is 0 Å². The smallest absolute Gasteiger partial charge is 0.224 e. The van der Waals surface area contributed by atoms with Crippen LogP contribution in [0.5, 0.6) is 0 Å². The predicted molar refractivity (Wildman–Crippen MR) is 107 cm³/mol. The molecule has 142 valence electrons. The number of amides is 3. The molecule has 0 unspecified atom stereocenters. The zero-order valence-electron chi connectivity index (χ0n) is 15.3. The number of halogens is 1. The Morgan fingerprint density at radius 1 is 0.963 bits per heavy atom. The van der Waals surface area contributed by atoms with Gasteiger partial charge in [-0.3, -0.25) is 14.4 Å². The highest BCUT2D eigenvalue weighted by Crippen LogP contribution is 2.18. The minimum Gasteiger partial charge on any atom is -0.354 e. The predicted octanol–water partition coefficient (Wildman–Crippen LogP) is 3.01. The summed E-state index contributed by atoms with van der Waals surface area (Å²) < 4.78 is 0. The van der Waals surface area contributed by atoms with Crippen molar-refractivity contribution in [3.63, 3.8) is 0 Å². The number of nitrogens with one attached hydrogen (secondary N) is 2. The van der Waals surface area contributed by atoms with Crippen LogP contribution in [-0.2, 0) is 20.8 Å². The quantitative estimate of drug-likeness (QED) is 0.766. The van der Waals surface area contributed by atoms with Gasteiger partial charge in [-0.05, 0) is 42.0 Å². The lowest BCUT2D eigenvalue weighted by Gasteiger charge is -2.21. The van der Waals surface area contributed by atoms with Gasteiger partial charge in [-0.1, -0.05) is 23.7 Å². The minimum atomic E-state index is -0.158. The SMILES string of the molecule is CC(=O)Nc1ccc(N(CCNC(=O)Cc2ccc(Cl)cc2)C(C)=O)cc1. The third-order valence-corrected chi connectivity index (χ3v) is 4.07. The van der Waals surface area contributed by atoms with Crippen LogP contribution in [-0.4, -0.2) is 30.8 Å². The molecule has 0 bridgehead atoms. The van der Waals surface area contributed by atoms with Gasteiger partial charge >= 0.3 is 0 Å². The number of rotatable bonds is 7. The van der Waals surface area contributed by atoms with Crippen LogP contribution in [0.25, 0.3) is 0 Å². The first-order valence-corrected chi connectivity index (χ1v) is 8.90. The highest BCUT2D eigenvalue weighted by atomic mass is 35.5. The molecule has 0 saturated carbocycles. The van der Waals surface area contributed by atoms with Crippen molar-refractivity contribution in [3.05, 3.63) is 59.1 Å². The summed E-state index contributed by atoms with van der Waals surface area (Å²) in [6.07, 6.45) is 0.253. The van der Waals surface area contributed by atoms with E-state index in [1.807, 2.05) is 0 Å². The van der Waals surface area contributed by atoms with E-state index in [4.69, 9.17) is 11.6 Å². The number of carbonyl (C=O) groups excluding carboxylic acids is 3. The fourth-order valence-electron chi connectivity index (χ4n) is 2.55. The van der Waals surface area contributed by atoms with E-state index in [1.165, 1.54) is 13.8 Å². The molecule has 0 aliphatic rings. The third-order valence-electron chi connectivity index (χ3n) is 3.81. The van der Waals surface area contributed by atoms with Gasteiger partial charge in [0.25, 0.3) is 0 Å². The average molecular weight is 388 g/mol. The van der Waals surface area contributed by atoms with Crippen molar-refractivity contribution in [2.24, 2.45) is 0 Å². The largest absolute Gasteiger partial charge is 0.354 e. The molecule has 27 heavy (non-hydrogen) atoms. The fourth-order valence-corrected chi connectivity index (χ4v) is 2.68. The molecule has 2 aromatic rings. The summed E-state index contributed by atoms with van der Waals surface area (Å²) in [5.41, 5.74) is 2.23. The number of carbonyl (C=O) groups is 3. The molecule has 0 aliphatic heterocycles. The molecule has 0 aromatic heterocycles. The van der Waals surface area contributed by atoms with Crippen LogP contribution in [0.2, 0.25) is 5.02 Å². The maximum atomic E-state index is 12.0. The number of benzene rings is 2. The Balaban J connectivity index is 1.88. The van der Waals surface area contributed by atoms with Crippen molar-refractivity contribution in [1.82, 2.24) is 5.32 Å². The molecule has 2 N–H and O–H groups in total. The van der Waals surface area contributed by atoms with E-state index in [2.05, 4.69) is 10.6 Å². The van der Waals surface area contributed by atoms with Crippen LogP contribution in [0.4, 0.5) is 11.4 Å². The second-order valence-corrected chi connectivity index (χ2v) is 6.49. The summed E-state index contributed by atoms with van der Waals surface area (Å²) in [5, 5.41) is 6.12. The third kappa shape index (κ3) is 6.75. The van der Waals surface area contributed by atoms with E-state index >= 15 is 0 Å². The van der Waals surface area contributed by atoms with Gasteiger partial charge in [-0.2, -0.15) is 0 Å². The summed E-state index contributed by atoms with van der Waals surface area (Å²) in [6.45, 7) is 3.58. The molecule has 0 atom stereocenters. The minimum absolute atomic E-state index is 0.123. The standard InChI is InChI=1S/C20H22ClN3O3/c1-14(25)23-18-7-9-19(10-8-18)24(15(2)26)12-11-22-20(27)13-16-3-5-17(21)6-4-16/h3-10H,11-13H2,1-2H3,(H,22,27)(H,23,25). The zero-order chi connectivity index (χ0) is 19.8. The summed E-state index contributed by atoms with van der Waals surface area (Å²) in [7, 11) is 0. The second kappa shape index (κ2) is 9.73. The normalized spacial score (nSPS) is 10.2. The fraction of sp³-hybridized carbons (Fsp3) is 0.250. The molecule has 0 fully saturated rings. The van der Waals surface area contributed by atoms with E-state index in [-0.39, 0.29) is 24.1 Å². The Morgan fingerprint density at radius 3 is 2.15 bits per heavy atom. The topological polar surface area (TPSA) is 78.5 Å². The van der Waals surface area contributed by atoms with Gasteiger partial charge in [0.15, 0.2) is 0 Å². The Labute approximate surface area is 163 Å². The molecule has 0 saturated heterocycles. The molecule has 0 aliphatic carbocycles. The molecule has 2 rings (SSSR count). The van der Waals surface area contributed by atoms with Crippen molar-refractivity contribution in [2.75, 3.05) is 23.3 Å². The van der Waals surface area contributed by atoms with Crippen molar-refractivity contribution in [1.29, 1.82) is 0 Å². The maximum Gasteiger partial charge on any atom is 0.224 e. The van der Waals surface area contributed by atoms with Gasteiger partial charge in [0.05, 0.1) is 6.42 Å². The first kappa shape index (κ1) is 20.5. The molecular formula is C20H22ClN3O3. The highest BCUT2D eigenvalue weighted by molar-refractivity contribution is 6.30. The molecular weight excluding hydrogens is 366 g/mol. The van der Waals surface area contributed by atoms with Crippen LogP contribution >= 0.6 is 11.6 Å². The lowest BCUT2D eigenvalue weighted by molar-refractivity contribution is -0.121. The van der Waals surface area contributed by atoms with Gasteiger partial charge in [0.1, 0.15) is 0 Å². The number of nitrogens with zero attached hydrogens (tertiary/aromatic N) is 1. The molecule has 0 spiro atoms. The van der Waals surface area contributed by atoms with E-state index in [9.17, 15) is 14.4 Å². The number of hydrogen-bond donors (Lipinski definition) is 2. The molecule has 3 amide bonds. The Morgan fingerprint density at radius 2 is 1.59 bits per heavy atom. The van der Waals surface area contributed by atoms with E-state index in [1.54, 1.807) is 53.4 Å². The van der Waals surface area contributed by atoms with Crippen LogP contribution in [0.3, 0.4) is 0 Å². The number of hydrogen-bond acceptors (Lipinski definition) is 3. The molecule has 0 heterocycles. The molecule has 2 aromatic carbocycles. The summed E-state index contributed by atoms with van der Waals surface area (Å²) in [5.74, 6) is -0.411. The van der Waals surface area contributed by atoms with Gasteiger partial charge in [0, 0.05) is 43.3 Å². The summed E-state index contributed by atoms with van der Waals surface area (Å²) in [6, 6.07) is 14.1. The Kier molecular flexibility index (Phi) is 7.37. The lowest BCUT2D eigenvalue weighted by Crippen LogP contribution is -2.38. The van der Waals surface area contributed by atoms with Crippen molar-refractivity contribution >= 4 is 40.7 Å². The van der Waals surface area contributed by atoms with Gasteiger partial charge in [-0.15, -0.1) is 0 Å². The first-order valence-electron chi connectivity index (χ1n) is 8.52. The van der Waals surface area contributed by atoms with Crippen LogP contribution in [0, 0.1) is 0 Å².